The maximum Gasteiger partial charge on any atom is 0.417 e. The van der Waals surface area contributed by atoms with Crippen LogP contribution in [0.4, 0.5) is 18.9 Å². The molecule has 2 aromatic rings. The number of benzene rings is 2. The van der Waals surface area contributed by atoms with Crippen LogP contribution in [0, 0.1) is 5.41 Å². The molecular weight excluding hydrogens is 381 g/mol. The normalized spacial score (nSPS) is 15.1. The predicted molar refractivity (Wildman–Crippen MR) is 95.0 cm³/mol. The van der Waals surface area contributed by atoms with Gasteiger partial charge in [0.1, 0.15) is 5.41 Å². The molecule has 1 fully saturated rings. The molecule has 142 valence electrons. The number of hydrogen-bond donors (Lipinski definition) is 2. The molecule has 0 radical (unpaired) electrons. The Balaban J connectivity index is 1.68. The van der Waals surface area contributed by atoms with E-state index in [1.807, 2.05) is 30.3 Å². The van der Waals surface area contributed by atoms with Crippen molar-refractivity contribution in [3.05, 3.63) is 64.7 Å². The molecule has 8 heteroatoms. The fourth-order valence-electron chi connectivity index (χ4n) is 2.70. The van der Waals surface area contributed by atoms with Crippen molar-refractivity contribution in [1.29, 1.82) is 0 Å². The second-order valence-electron chi connectivity index (χ2n) is 6.40. The summed E-state index contributed by atoms with van der Waals surface area (Å²) in [5, 5.41) is 4.66. The number of halogens is 4. The standard InChI is InChI=1S/C19H16ClF3N2O2/c20-15-7-6-13(10-14(15)19(21,22)23)25-17(27)18(8-9-18)16(26)24-11-12-4-2-1-3-5-12/h1-7,10H,8-9,11H2,(H,24,26)(H,25,27). The fraction of sp³-hybridized carbons (Fsp3) is 0.263. The van der Waals surface area contributed by atoms with E-state index in [4.69, 9.17) is 11.6 Å². The topological polar surface area (TPSA) is 58.2 Å². The molecule has 0 bridgehead atoms. The van der Waals surface area contributed by atoms with Crippen LogP contribution in [0.3, 0.4) is 0 Å². The molecule has 0 atom stereocenters. The molecule has 27 heavy (non-hydrogen) atoms. The first-order valence-corrected chi connectivity index (χ1v) is 8.61. The van der Waals surface area contributed by atoms with E-state index < -0.39 is 34.0 Å². The van der Waals surface area contributed by atoms with Gasteiger partial charge in [-0.3, -0.25) is 9.59 Å². The van der Waals surface area contributed by atoms with Gasteiger partial charge in [0.25, 0.3) is 0 Å². The first-order valence-electron chi connectivity index (χ1n) is 8.23. The van der Waals surface area contributed by atoms with Crippen LogP contribution in [0.25, 0.3) is 0 Å². The Hall–Kier alpha value is -2.54. The van der Waals surface area contributed by atoms with Crippen molar-refractivity contribution < 1.29 is 22.8 Å². The molecular formula is C19H16ClF3N2O2. The van der Waals surface area contributed by atoms with Gasteiger partial charge in [-0.25, -0.2) is 0 Å². The van der Waals surface area contributed by atoms with E-state index in [2.05, 4.69) is 10.6 Å². The van der Waals surface area contributed by atoms with Gasteiger partial charge in [-0.2, -0.15) is 13.2 Å². The highest BCUT2D eigenvalue weighted by Crippen LogP contribution is 2.47. The third-order valence-corrected chi connectivity index (χ3v) is 4.77. The minimum atomic E-state index is -4.64. The Labute approximate surface area is 158 Å². The van der Waals surface area contributed by atoms with Crippen molar-refractivity contribution in [3.8, 4) is 0 Å². The number of anilines is 1. The Kier molecular flexibility index (Phi) is 5.15. The lowest BCUT2D eigenvalue weighted by atomic mass is 10.0. The van der Waals surface area contributed by atoms with Crippen LogP contribution >= 0.6 is 11.6 Å². The van der Waals surface area contributed by atoms with Crippen molar-refractivity contribution >= 4 is 29.1 Å². The summed E-state index contributed by atoms with van der Waals surface area (Å²) in [6.07, 6.45) is -3.94. The highest BCUT2D eigenvalue weighted by atomic mass is 35.5. The second kappa shape index (κ2) is 7.23. The van der Waals surface area contributed by atoms with Crippen LogP contribution in [0.15, 0.2) is 48.5 Å². The van der Waals surface area contributed by atoms with Gasteiger partial charge < -0.3 is 10.6 Å². The number of hydrogen-bond acceptors (Lipinski definition) is 2. The van der Waals surface area contributed by atoms with Crippen LogP contribution in [0.5, 0.6) is 0 Å². The average molecular weight is 397 g/mol. The molecule has 1 aliphatic carbocycles. The first kappa shape index (κ1) is 19.2. The summed E-state index contributed by atoms with van der Waals surface area (Å²) in [5.41, 5.74) is -1.46. The average Bonchev–Trinajstić information content (AvgIpc) is 3.43. The summed E-state index contributed by atoms with van der Waals surface area (Å²) in [6.45, 7) is 0.272. The highest BCUT2D eigenvalue weighted by Gasteiger charge is 2.56. The van der Waals surface area contributed by atoms with Crippen LogP contribution < -0.4 is 10.6 Å². The molecule has 0 aliphatic heterocycles. The predicted octanol–water partition coefficient (Wildman–Crippen LogP) is 4.39. The van der Waals surface area contributed by atoms with Crippen molar-refractivity contribution in [3.63, 3.8) is 0 Å². The van der Waals surface area contributed by atoms with E-state index in [1.165, 1.54) is 6.07 Å². The van der Waals surface area contributed by atoms with Crippen LogP contribution in [-0.2, 0) is 22.3 Å². The van der Waals surface area contributed by atoms with E-state index in [1.54, 1.807) is 0 Å². The molecule has 3 rings (SSSR count). The largest absolute Gasteiger partial charge is 0.417 e. The number of nitrogens with one attached hydrogen (secondary N) is 2. The number of alkyl halides is 3. The molecule has 0 saturated heterocycles. The minimum absolute atomic E-state index is 0.0566. The lowest BCUT2D eigenvalue weighted by molar-refractivity contribution is -0.138. The summed E-state index contributed by atoms with van der Waals surface area (Å²) < 4.78 is 38.8. The van der Waals surface area contributed by atoms with Gasteiger partial charge in [0.2, 0.25) is 11.8 Å². The van der Waals surface area contributed by atoms with Gasteiger partial charge in [-0.15, -0.1) is 0 Å². The van der Waals surface area contributed by atoms with Gasteiger partial charge in [0, 0.05) is 12.2 Å². The van der Waals surface area contributed by atoms with Gasteiger partial charge in [-0.1, -0.05) is 41.9 Å². The summed E-state index contributed by atoms with van der Waals surface area (Å²) in [5.74, 6) is -1.06. The summed E-state index contributed by atoms with van der Waals surface area (Å²) >= 11 is 5.57. The zero-order valence-electron chi connectivity index (χ0n) is 14.1. The smallest absolute Gasteiger partial charge is 0.351 e. The summed E-state index contributed by atoms with van der Waals surface area (Å²) in [6, 6.07) is 12.3. The van der Waals surface area contributed by atoms with E-state index >= 15 is 0 Å². The molecule has 1 saturated carbocycles. The molecule has 0 heterocycles. The van der Waals surface area contributed by atoms with Crippen LogP contribution in [-0.4, -0.2) is 11.8 Å². The summed E-state index contributed by atoms with van der Waals surface area (Å²) in [7, 11) is 0. The molecule has 2 aromatic carbocycles. The SMILES string of the molecule is O=C(NCc1ccccc1)C1(C(=O)Nc2ccc(Cl)c(C(F)(F)F)c2)CC1. The van der Waals surface area contributed by atoms with Gasteiger partial charge in [0.05, 0.1) is 10.6 Å². The number of carbonyl (C=O) groups is 2. The maximum absolute atomic E-state index is 12.9. The molecule has 4 nitrogen and oxygen atoms in total. The Morgan fingerprint density at radius 2 is 1.70 bits per heavy atom. The lowest BCUT2D eigenvalue weighted by Gasteiger charge is -2.17. The van der Waals surface area contributed by atoms with Gasteiger partial charge in [0.15, 0.2) is 0 Å². The lowest BCUT2D eigenvalue weighted by Crippen LogP contribution is -2.39. The zero-order chi connectivity index (χ0) is 19.7. The molecule has 0 spiro atoms. The third kappa shape index (κ3) is 4.24. The van der Waals surface area contributed by atoms with E-state index in [9.17, 15) is 22.8 Å². The first-order chi connectivity index (χ1) is 12.7. The Bertz CT molecular complexity index is 865. The van der Waals surface area contributed by atoms with Gasteiger partial charge in [-0.05, 0) is 36.6 Å². The second-order valence-corrected chi connectivity index (χ2v) is 6.80. The number of amides is 2. The molecule has 1 aliphatic rings. The Morgan fingerprint density at radius 3 is 2.30 bits per heavy atom. The molecule has 2 N–H and O–H groups in total. The van der Waals surface area contributed by atoms with Crippen molar-refractivity contribution in [2.75, 3.05) is 5.32 Å². The molecule has 0 unspecified atom stereocenters. The minimum Gasteiger partial charge on any atom is -0.351 e. The molecule has 2 amide bonds. The zero-order valence-corrected chi connectivity index (χ0v) is 14.8. The third-order valence-electron chi connectivity index (χ3n) is 4.44. The van der Waals surface area contributed by atoms with E-state index in [-0.39, 0.29) is 12.2 Å². The maximum atomic E-state index is 12.9. The van der Waals surface area contributed by atoms with E-state index in [0.29, 0.717) is 12.8 Å². The molecule has 0 aromatic heterocycles. The van der Waals surface area contributed by atoms with Crippen LogP contribution in [0.1, 0.15) is 24.0 Å². The number of rotatable bonds is 5. The quantitative estimate of drug-likeness (QED) is 0.736. The Morgan fingerprint density at radius 1 is 1.04 bits per heavy atom. The number of carbonyl (C=O) groups excluding carboxylic acids is 2. The highest BCUT2D eigenvalue weighted by molar-refractivity contribution is 6.31. The van der Waals surface area contributed by atoms with Crippen molar-refractivity contribution in [2.45, 2.75) is 25.6 Å². The monoisotopic (exact) mass is 396 g/mol. The summed E-state index contributed by atoms with van der Waals surface area (Å²) in [4.78, 5) is 24.9. The van der Waals surface area contributed by atoms with Crippen LogP contribution in [0.2, 0.25) is 5.02 Å². The van der Waals surface area contributed by atoms with E-state index in [0.717, 1.165) is 17.7 Å². The fourth-order valence-corrected chi connectivity index (χ4v) is 2.93. The van der Waals surface area contributed by atoms with Crippen molar-refractivity contribution in [1.82, 2.24) is 5.32 Å². The van der Waals surface area contributed by atoms with Gasteiger partial charge >= 0.3 is 6.18 Å². The van der Waals surface area contributed by atoms with Crippen molar-refractivity contribution in [2.24, 2.45) is 5.41 Å².